The minimum Gasteiger partial charge on any atom is -0.493 e. The standard InChI is InChI=1S/C23H21F5N2O3/c1-10-17(12-5-6-13(24)19(25)20(12)32-4)21(33-22(10,3)23(26,27)28)15-9-16(31)18-11(2)29-8-7-14(18)30-15/h5-10,17,21H,1-4H3,(H,30,31)/t10-,17-,21-,22+/m0/s1. The van der Waals surface area contributed by atoms with E-state index in [0.717, 1.165) is 26.2 Å². The van der Waals surface area contributed by atoms with Gasteiger partial charge in [0.2, 0.25) is 5.82 Å². The highest BCUT2D eigenvalue weighted by Crippen LogP contribution is 2.59. The van der Waals surface area contributed by atoms with Crippen LogP contribution < -0.4 is 10.2 Å². The van der Waals surface area contributed by atoms with Crippen LogP contribution in [0.3, 0.4) is 0 Å². The molecular weight excluding hydrogens is 447 g/mol. The smallest absolute Gasteiger partial charge is 0.417 e. The monoisotopic (exact) mass is 468 g/mol. The maximum atomic E-state index is 14.5. The average molecular weight is 468 g/mol. The number of aryl methyl sites for hydroxylation is 1. The fourth-order valence-electron chi connectivity index (χ4n) is 4.62. The molecule has 5 nitrogen and oxygen atoms in total. The number of pyridine rings is 2. The number of alkyl halides is 3. The molecule has 2 aromatic heterocycles. The molecule has 3 heterocycles. The Morgan fingerprint density at radius 1 is 1.21 bits per heavy atom. The number of H-pyrrole nitrogens is 1. The van der Waals surface area contributed by atoms with Gasteiger partial charge < -0.3 is 14.5 Å². The van der Waals surface area contributed by atoms with Gasteiger partial charge in [-0.05, 0) is 26.0 Å². The molecule has 1 aliphatic heterocycles. The van der Waals surface area contributed by atoms with E-state index in [1.54, 1.807) is 6.92 Å². The first-order valence-corrected chi connectivity index (χ1v) is 10.2. The lowest BCUT2D eigenvalue weighted by atomic mass is 9.76. The van der Waals surface area contributed by atoms with Crippen LogP contribution in [0.15, 0.2) is 35.3 Å². The lowest BCUT2D eigenvalue weighted by Gasteiger charge is -2.32. The van der Waals surface area contributed by atoms with Gasteiger partial charge in [-0.1, -0.05) is 13.0 Å². The lowest BCUT2D eigenvalue weighted by Crippen LogP contribution is -2.46. The Kier molecular flexibility index (Phi) is 5.47. The Hall–Kier alpha value is -3.01. The van der Waals surface area contributed by atoms with Crippen LogP contribution in [-0.2, 0) is 4.74 Å². The summed E-state index contributed by atoms with van der Waals surface area (Å²) in [7, 11) is 1.10. The Bertz CT molecular complexity index is 1290. The molecular formula is C23H21F5N2O3. The van der Waals surface area contributed by atoms with Crippen molar-refractivity contribution in [2.45, 2.75) is 44.6 Å². The molecule has 4 atom stereocenters. The first-order chi connectivity index (χ1) is 15.4. The first-order valence-electron chi connectivity index (χ1n) is 10.2. The molecule has 176 valence electrons. The van der Waals surface area contributed by atoms with Gasteiger partial charge >= 0.3 is 6.18 Å². The van der Waals surface area contributed by atoms with Crippen LogP contribution in [-0.4, -0.2) is 28.9 Å². The van der Waals surface area contributed by atoms with E-state index < -0.39 is 52.5 Å². The first kappa shape index (κ1) is 23.2. The van der Waals surface area contributed by atoms with Crippen molar-refractivity contribution in [3.8, 4) is 5.75 Å². The number of hydrogen-bond donors (Lipinski definition) is 1. The molecule has 0 amide bonds. The van der Waals surface area contributed by atoms with Gasteiger partial charge in [0.25, 0.3) is 0 Å². The zero-order valence-electron chi connectivity index (χ0n) is 18.2. The van der Waals surface area contributed by atoms with Gasteiger partial charge in [0.15, 0.2) is 22.6 Å². The molecule has 0 aliphatic carbocycles. The number of halogens is 5. The van der Waals surface area contributed by atoms with E-state index in [4.69, 9.17) is 9.47 Å². The lowest BCUT2D eigenvalue weighted by molar-refractivity contribution is -0.275. The average Bonchev–Trinajstić information content (AvgIpc) is 3.02. The third-order valence-corrected chi connectivity index (χ3v) is 6.57. The summed E-state index contributed by atoms with van der Waals surface area (Å²) in [5, 5.41) is 0.299. The van der Waals surface area contributed by atoms with E-state index in [2.05, 4.69) is 9.97 Å². The van der Waals surface area contributed by atoms with Crippen molar-refractivity contribution in [1.82, 2.24) is 9.97 Å². The maximum Gasteiger partial charge on any atom is 0.417 e. The van der Waals surface area contributed by atoms with Crippen molar-refractivity contribution in [3.05, 3.63) is 69.3 Å². The number of aromatic amines is 1. The van der Waals surface area contributed by atoms with Gasteiger partial charge in [0.1, 0.15) is 6.10 Å². The number of rotatable bonds is 3. The van der Waals surface area contributed by atoms with E-state index in [9.17, 15) is 26.7 Å². The second kappa shape index (κ2) is 7.79. The van der Waals surface area contributed by atoms with E-state index in [1.807, 2.05) is 0 Å². The van der Waals surface area contributed by atoms with Crippen molar-refractivity contribution in [2.24, 2.45) is 5.92 Å². The molecule has 0 spiro atoms. The quantitative estimate of drug-likeness (QED) is 0.528. The number of benzene rings is 1. The molecule has 1 fully saturated rings. The summed E-state index contributed by atoms with van der Waals surface area (Å²) >= 11 is 0. The van der Waals surface area contributed by atoms with Gasteiger partial charge in [-0.25, -0.2) is 4.39 Å². The highest BCUT2D eigenvalue weighted by atomic mass is 19.4. The number of ether oxygens (including phenoxy) is 2. The third kappa shape index (κ3) is 3.47. The van der Waals surface area contributed by atoms with Crippen LogP contribution in [0, 0.1) is 24.5 Å². The highest BCUT2D eigenvalue weighted by Gasteiger charge is 2.65. The van der Waals surface area contributed by atoms with Gasteiger partial charge in [-0.3, -0.25) is 9.78 Å². The molecule has 0 unspecified atom stereocenters. The Labute approximate surface area is 185 Å². The van der Waals surface area contributed by atoms with E-state index in [-0.39, 0.29) is 11.3 Å². The van der Waals surface area contributed by atoms with Crippen LogP contribution in [0.25, 0.3) is 10.9 Å². The summed E-state index contributed by atoms with van der Waals surface area (Å²) in [5.74, 6) is -5.36. The fraction of sp³-hybridized carbons (Fsp3) is 0.391. The number of nitrogens with zero attached hydrogens (tertiary/aromatic N) is 1. The molecule has 0 bridgehead atoms. The van der Waals surface area contributed by atoms with Crippen molar-refractivity contribution in [2.75, 3.05) is 7.11 Å². The molecule has 0 radical (unpaired) electrons. The largest absolute Gasteiger partial charge is 0.493 e. The topological polar surface area (TPSA) is 64.2 Å². The molecule has 3 aromatic rings. The van der Waals surface area contributed by atoms with Crippen LogP contribution >= 0.6 is 0 Å². The molecule has 1 aliphatic rings. The van der Waals surface area contributed by atoms with Crippen molar-refractivity contribution in [3.63, 3.8) is 0 Å². The minimum absolute atomic E-state index is 0.00808. The van der Waals surface area contributed by atoms with Crippen LogP contribution in [0.2, 0.25) is 0 Å². The molecule has 1 saturated heterocycles. The molecule has 10 heteroatoms. The predicted octanol–water partition coefficient (Wildman–Crippen LogP) is 5.33. The molecule has 1 aromatic carbocycles. The summed E-state index contributed by atoms with van der Waals surface area (Å²) in [6, 6.07) is 4.71. The van der Waals surface area contributed by atoms with Gasteiger partial charge in [-0.15, -0.1) is 0 Å². The normalized spacial score (nSPS) is 25.5. The second-order valence-electron chi connectivity index (χ2n) is 8.35. The van der Waals surface area contributed by atoms with E-state index in [1.165, 1.54) is 25.3 Å². The molecule has 33 heavy (non-hydrogen) atoms. The summed E-state index contributed by atoms with van der Waals surface area (Å²) in [5.41, 5.74) is -2.16. The SMILES string of the molecule is COc1c([C@H]2[C@H](c3cc(=O)c4c(C)nccc4[nH]3)O[C@@](C)(C(F)(F)F)[C@H]2C)ccc(F)c1F. The Balaban J connectivity index is 1.97. The van der Waals surface area contributed by atoms with Crippen molar-refractivity contribution in [1.29, 1.82) is 0 Å². The van der Waals surface area contributed by atoms with Gasteiger partial charge in [0.05, 0.1) is 23.7 Å². The van der Waals surface area contributed by atoms with Gasteiger partial charge in [-0.2, -0.15) is 17.6 Å². The van der Waals surface area contributed by atoms with Gasteiger partial charge in [0, 0.05) is 35.4 Å². The van der Waals surface area contributed by atoms with Crippen molar-refractivity contribution >= 4 is 10.9 Å². The second-order valence-corrected chi connectivity index (χ2v) is 8.35. The van der Waals surface area contributed by atoms with Crippen LogP contribution in [0.1, 0.15) is 42.8 Å². The predicted molar refractivity (Wildman–Crippen MR) is 110 cm³/mol. The zero-order chi connectivity index (χ0) is 24.3. The number of methoxy groups -OCH3 is 1. The number of aromatic nitrogens is 2. The minimum atomic E-state index is -4.77. The number of hydrogen-bond acceptors (Lipinski definition) is 4. The molecule has 1 N–H and O–H groups in total. The Morgan fingerprint density at radius 2 is 1.91 bits per heavy atom. The van der Waals surface area contributed by atoms with Crippen LogP contribution in [0.4, 0.5) is 22.0 Å². The molecule has 4 rings (SSSR count). The highest BCUT2D eigenvalue weighted by molar-refractivity contribution is 5.80. The Morgan fingerprint density at radius 3 is 2.55 bits per heavy atom. The van der Waals surface area contributed by atoms with E-state index >= 15 is 0 Å². The van der Waals surface area contributed by atoms with Crippen molar-refractivity contribution < 1.29 is 31.4 Å². The zero-order valence-corrected chi connectivity index (χ0v) is 18.2. The summed E-state index contributed by atoms with van der Waals surface area (Å²) < 4.78 is 81.3. The summed E-state index contributed by atoms with van der Waals surface area (Å²) in [6.07, 6.45) is -4.63. The summed E-state index contributed by atoms with van der Waals surface area (Å²) in [6.45, 7) is 3.87. The number of fused-ring (bicyclic) bond motifs is 1. The summed E-state index contributed by atoms with van der Waals surface area (Å²) in [4.78, 5) is 19.9. The molecule has 0 saturated carbocycles. The van der Waals surface area contributed by atoms with Crippen LogP contribution in [0.5, 0.6) is 5.75 Å². The fourth-order valence-corrected chi connectivity index (χ4v) is 4.62. The maximum absolute atomic E-state index is 14.5. The number of nitrogens with one attached hydrogen (secondary N) is 1. The third-order valence-electron chi connectivity index (χ3n) is 6.57. The van der Waals surface area contributed by atoms with E-state index in [0.29, 0.717) is 16.6 Å².